The van der Waals surface area contributed by atoms with Gasteiger partial charge in [-0.15, -0.1) is 0 Å². The minimum absolute atomic E-state index is 0.198. The van der Waals surface area contributed by atoms with Gasteiger partial charge in [0.15, 0.2) is 0 Å². The molecular formula is C10H15N5O3. The fourth-order valence-corrected chi connectivity index (χ4v) is 1.77. The van der Waals surface area contributed by atoms with Gasteiger partial charge in [-0.3, -0.25) is 9.89 Å². The van der Waals surface area contributed by atoms with Gasteiger partial charge in [0.05, 0.1) is 6.61 Å². The van der Waals surface area contributed by atoms with Crippen molar-refractivity contribution < 1.29 is 14.3 Å². The van der Waals surface area contributed by atoms with Crippen LogP contribution in [0.4, 0.5) is 4.79 Å². The predicted octanol–water partition coefficient (Wildman–Crippen LogP) is -0.281. The zero-order valence-corrected chi connectivity index (χ0v) is 10.1. The average molecular weight is 253 g/mol. The Hall–Kier alpha value is -2.12. The zero-order chi connectivity index (χ0) is 13.0. The molecule has 1 aromatic heterocycles. The van der Waals surface area contributed by atoms with Gasteiger partial charge in [0, 0.05) is 26.2 Å². The number of aromatic nitrogens is 3. The Labute approximate surface area is 104 Å². The summed E-state index contributed by atoms with van der Waals surface area (Å²) >= 11 is 0. The number of H-pyrrole nitrogens is 1. The topological polar surface area (TPSA) is 91.4 Å². The maximum atomic E-state index is 11.9. The molecule has 1 fully saturated rings. The molecule has 2 heterocycles. The number of carbonyl (C=O) groups excluding carboxylic acids is 2. The molecule has 8 heteroatoms. The van der Waals surface area contributed by atoms with Gasteiger partial charge in [0.25, 0.3) is 5.91 Å². The molecular weight excluding hydrogens is 238 g/mol. The zero-order valence-electron chi connectivity index (χ0n) is 10.1. The van der Waals surface area contributed by atoms with Crippen molar-refractivity contribution in [2.45, 2.75) is 6.92 Å². The van der Waals surface area contributed by atoms with Crippen LogP contribution in [-0.4, -0.2) is 69.8 Å². The molecule has 2 rings (SSSR count). The number of hydrogen-bond donors (Lipinski definition) is 1. The van der Waals surface area contributed by atoms with Crippen LogP contribution in [0, 0.1) is 0 Å². The molecule has 0 spiro atoms. The van der Waals surface area contributed by atoms with E-state index in [1.807, 2.05) is 0 Å². The van der Waals surface area contributed by atoms with E-state index < -0.39 is 0 Å². The van der Waals surface area contributed by atoms with Gasteiger partial charge >= 0.3 is 6.09 Å². The quantitative estimate of drug-likeness (QED) is 0.782. The Morgan fingerprint density at radius 3 is 2.56 bits per heavy atom. The molecule has 0 aromatic carbocycles. The van der Waals surface area contributed by atoms with Crippen LogP contribution >= 0.6 is 0 Å². The lowest BCUT2D eigenvalue weighted by molar-refractivity contribution is 0.0561. The molecule has 1 aliphatic heterocycles. The van der Waals surface area contributed by atoms with Gasteiger partial charge < -0.3 is 14.5 Å². The average Bonchev–Trinajstić information content (AvgIpc) is 2.92. The van der Waals surface area contributed by atoms with Gasteiger partial charge in [-0.2, -0.15) is 5.10 Å². The highest BCUT2D eigenvalue weighted by Crippen LogP contribution is 2.06. The van der Waals surface area contributed by atoms with E-state index in [0.29, 0.717) is 32.8 Å². The number of nitrogens with zero attached hydrogens (tertiary/aromatic N) is 4. The number of ether oxygens (including phenoxy) is 1. The van der Waals surface area contributed by atoms with E-state index in [0.717, 1.165) is 0 Å². The van der Waals surface area contributed by atoms with Crippen molar-refractivity contribution >= 4 is 12.0 Å². The standard InChI is InChI=1S/C10H15N5O3/c1-2-18-10(17)15-5-3-14(4-6-15)9(16)8-11-7-12-13-8/h7H,2-6H2,1H3,(H,11,12,13). The normalized spacial score (nSPS) is 15.6. The van der Waals surface area contributed by atoms with Crippen molar-refractivity contribution in [3.8, 4) is 0 Å². The predicted molar refractivity (Wildman–Crippen MR) is 60.9 cm³/mol. The number of piperazine rings is 1. The van der Waals surface area contributed by atoms with E-state index in [-0.39, 0.29) is 17.8 Å². The Kier molecular flexibility index (Phi) is 3.75. The molecule has 98 valence electrons. The number of amides is 2. The smallest absolute Gasteiger partial charge is 0.409 e. The Balaban J connectivity index is 1.87. The maximum Gasteiger partial charge on any atom is 0.409 e. The van der Waals surface area contributed by atoms with E-state index in [1.165, 1.54) is 6.33 Å². The largest absolute Gasteiger partial charge is 0.450 e. The van der Waals surface area contributed by atoms with Crippen molar-refractivity contribution in [2.75, 3.05) is 32.8 Å². The summed E-state index contributed by atoms with van der Waals surface area (Å²) in [6, 6.07) is 0. The first-order valence-corrected chi connectivity index (χ1v) is 5.78. The van der Waals surface area contributed by atoms with Crippen LogP contribution in [0.3, 0.4) is 0 Å². The molecule has 0 bridgehead atoms. The van der Waals surface area contributed by atoms with Gasteiger partial charge in [-0.05, 0) is 6.92 Å². The van der Waals surface area contributed by atoms with Gasteiger partial charge in [-0.25, -0.2) is 9.78 Å². The first-order valence-electron chi connectivity index (χ1n) is 5.78. The Morgan fingerprint density at radius 2 is 2.00 bits per heavy atom. The van der Waals surface area contributed by atoms with Crippen LogP contribution in [0.25, 0.3) is 0 Å². The van der Waals surface area contributed by atoms with Gasteiger partial charge in [0.2, 0.25) is 5.82 Å². The SMILES string of the molecule is CCOC(=O)N1CCN(C(=O)c2ncn[nH]2)CC1. The van der Waals surface area contributed by atoms with E-state index in [9.17, 15) is 9.59 Å². The molecule has 1 saturated heterocycles. The highest BCUT2D eigenvalue weighted by Gasteiger charge is 2.26. The molecule has 1 N–H and O–H groups in total. The first-order chi connectivity index (χ1) is 8.72. The first kappa shape index (κ1) is 12.3. The van der Waals surface area contributed by atoms with Crippen molar-refractivity contribution in [3.63, 3.8) is 0 Å². The molecule has 1 aliphatic rings. The third kappa shape index (κ3) is 2.58. The molecule has 0 unspecified atom stereocenters. The van der Waals surface area contributed by atoms with Crippen LogP contribution in [0.1, 0.15) is 17.5 Å². The second-order valence-corrected chi connectivity index (χ2v) is 3.81. The summed E-state index contributed by atoms with van der Waals surface area (Å²) in [6.07, 6.45) is 0.964. The molecule has 1 aromatic rings. The minimum Gasteiger partial charge on any atom is -0.450 e. The second-order valence-electron chi connectivity index (χ2n) is 3.81. The van der Waals surface area contributed by atoms with E-state index >= 15 is 0 Å². The lowest BCUT2D eigenvalue weighted by Gasteiger charge is -2.33. The lowest BCUT2D eigenvalue weighted by atomic mass is 10.3. The van der Waals surface area contributed by atoms with Crippen molar-refractivity contribution in [1.82, 2.24) is 25.0 Å². The molecule has 0 radical (unpaired) electrons. The van der Waals surface area contributed by atoms with E-state index in [2.05, 4.69) is 15.2 Å². The second kappa shape index (κ2) is 5.48. The third-order valence-corrected chi connectivity index (χ3v) is 2.71. The summed E-state index contributed by atoms with van der Waals surface area (Å²) in [5, 5.41) is 6.17. The third-order valence-electron chi connectivity index (χ3n) is 2.71. The summed E-state index contributed by atoms with van der Waals surface area (Å²) < 4.78 is 4.90. The Bertz CT molecular complexity index is 411. The number of carbonyl (C=O) groups is 2. The molecule has 0 aliphatic carbocycles. The van der Waals surface area contributed by atoms with Crippen molar-refractivity contribution in [2.24, 2.45) is 0 Å². The summed E-state index contributed by atoms with van der Waals surface area (Å²) in [5.41, 5.74) is 0. The highest BCUT2D eigenvalue weighted by molar-refractivity contribution is 5.90. The van der Waals surface area contributed by atoms with Crippen LogP contribution < -0.4 is 0 Å². The van der Waals surface area contributed by atoms with Crippen LogP contribution in [0.5, 0.6) is 0 Å². The number of hydrogen-bond acceptors (Lipinski definition) is 5. The molecule has 18 heavy (non-hydrogen) atoms. The van der Waals surface area contributed by atoms with Crippen LogP contribution in [0.15, 0.2) is 6.33 Å². The molecule has 8 nitrogen and oxygen atoms in total. The lowest BCUT2D eigenvalue weighted by Crippen LogP contribution is -2.50. The van der Waals surface area contributed by atoms with Crippen molar-refractivity contribution in [1.29, 1.82) is 0 Å². The molecule has 0 atom stereocenters. The van der Waals surface area contributed by atoms with Crippen LogP contribution in [-0.2, 0) is 4.74 Å². The maximum absolute atomic E-state index is 11.9. The molecule has 0 saturated carbocycles. The highest BCUT2D eigenvalue weighted by atomic mass is 16.6. The Morgan fingerprint density at radius 1 is 1.33 bits per heavy atom. The summed E-state index contributed by atoms with van der Waals surface area (Å²) in [6.45, 7) is 4.01. The number of nitrogens with one attached hydrogen (secondary N) is 1. The van der Waals surface area contributed by atoms with E-state index in [1.54, 1.807) is 16.7 Å². The number of rotatable bonds is 2. The minimum atomic E-state index is -0.329. The van der Waals surface area contributed by atoms with Crippen LogP contribution in [0.2, 0.25) is 0 Å². The molecule has 2 amide bonds. The number of aromatic amines is 1. The summed E-state index contributed by atoms with van der Waals surface area (Å²) in [4.78, 5) is 30.4. The summed E-state index contributed by atoms with van der Waals surface area (Å²) in [5.74, 6) is 0.0237. The van der Waals surface area contributed by atoms with Gasteiger partial charge in [-0.1, -0.05) is 0 Å². The monoisotopic (exact) mass is 253 g/mol. The fraction of sp³-hybridized carbons (Fsp3) is 0.600. The van der Waals surface area contributed by atoms with Gasteiger partial charge in [0.1, 0.15) is 6.33 Å². The van der Waals surface area contributed by atoms with E-state index in [4.69, 9.17) is 4.74 Å². The fourth-order valence-electron chi connectivity index (χ4n) is 1.77. The summed E-state index contributed by atoms with van der Waals surface area (Å²) in [7, 11) is 0. The van der Waals surface area contributed by atoms with Crippen molar-refractivity contribution in [3.05, 3.63) is 12.2 Å².